The lowest BCUT2D eigenvalue weighted by Crippen LogP contribution is -2.23. The Kier molecular flexibility index (Phi) is 9.72. The van der Waals surface area contributed by atoms with E-state index in [1.54, 1.807) is 38.3 Å². The molecule has 0 saturated carbocycles. The smallest absolute Gasteiger partial charge is 0.251 e. The third kappa shape index (κ3) is 6.85. The number of rotatable bonds is 12. The number of benzene rings is 1. The van der Waals surface area contributed by atoms with E-state index in [0.717, 1.165) is 41.4 Å². The van der Waals surface area contributed by atoms with Gasteiger partial charge in [0, 0.05) is 48.8 Å². The summed E-state index contributed by atoms with van der Waals surface area (Å²) < 4.78 is 5.61. The molecular formula is C26H34N6O2S. The van der Waals surface area contributed by atoms with Gasteiger partial charge >= 0.3 is 0 Å². The summed E-state index contributed by atoms with van der Waals surface area (Å²) in [6.07, 6.45) is 6.54. The second-order valence-corrected chi connectivity index (χ2v) is 9.20. The number of nitrogens with one attached hydrogen (secondary N) is 3. The van der Waals surface area contributed by atoms with Crippen molar-refractivity contribution >= 4 is 29.3 Å². The largest absolute Gasteiger partial charge is 0.496 e. The van der Waals surface area contributed by atoms with Crippen LogP contribution in [-0.2, 0) is 0 Å². The molecule has 3 rings (SSSR count). The van der Waals surface area contributed by atoms with Gasteiger partial charge in [-0.05, 0) is 48.4 Å². The van der Waals surface area contributed by atoms with Gasteiger partial charge in [-0.1, -0.05) is 19.9 Å². The number of carbonyl (C=O) groups excluding carboxylic acids is 1. The van der Waals surface area contributed by atoms with Gasteiger partial charge in [0.05, 0.1) is 12.8 Å². The predicted octanol–water partition coefficient (Wildman–Crippen LogP) is 4.68. The molecule has 0 aliphatic carbocycles. The van der Waals surface area contributed by atoms with Gasteiger partial charge in [0.2, 0.25) is 0 Å². The summed E-state index contributed by atoms with van der Waals surface area (Å²) in [6, 6.07) is 11.5. The molecule has 0 aliphatic heterocycles. The molecule has 0 bridgehead atoms. The van der Waals surface area contributed by atoms with Crippen LogP contribution in [0.3, 0.4) is 0 Å². The first kappa shape index (κ1) is 26.3. The molecular weight excluding hydrogens is 460 g/mol. The number of hydrogen-bond acceptors (Lipinski definition) is 8. The van der Waals surface area contributed by atoms with Crippen molar-refractivity contribution in [2.24, 2.45) is 0 Å². The van der Waals surface area contributed by atoms with Gasteiger partial charge in [0.15, 0.2) is 0 Å². The van der Waals surface area contributed by atoms with Crippen LogP contribution in [0.25, 0.3) is 11.3 Å². The van der Waals surface area contributed by atoms with Crippen LogP contribution in [0.4, 0.5) is 11.6 Å². The number of pyridine rings is 1. The van der Waals surface area contributed by atoms with Crippen LogP contribution >= 0.6 is 11.8 Å². The van der Waals surface area contributed by atoms with Crippen molar-refractivity contribution in [2.45, 2.75) is 31.4 Å². The van der Waals surface area contributed by atoms with E-state index in [0.29, 0.717) is 17.9 Å². The van der Waals surface area contributed by atoms with Gasteiger partial charge in [-0.25, -0.2) is 15.0 Å². The number of hydrogen-bond donors (Lipinski definition) is 3. The summed E-state index contributed by atoms with van der Waals surface area (Å²) in [5, 5.41) is 9.64. The van der Waals surface area contributed by atoms with Crippen molar-refractivity contribution in [3.05, 3.63) is 60.0 Å². The van der Waals surface area contributed by atoms with E-state index in [2.05, 4.69) is 51.0 Å². The molecule has 0 saturated heterocycles. The fourth-order valence-corrected chi connectivity index (χ4v) is 4.56. The van der Waals surface area contributed by atoms with Crippen LogP contribution in [0, 0.1) is 0 Å². The molecule has 0 aliphatic rings. The zero-order chi connectivity index (χ0) is 25.2. The minimum absolute atomic E-state index is 0.132. The van der Waals surface area contributed by atoms with Crippen molar-refractivity contribution in [1.29, 1.82) is 0 Å². The summed E-state index contributed by atoms with van der Waals surface area (Å²) in [5.74, 6) is 2.38. The highest BCUT2D eigenvalue weighted by Crippen LogP contribution is 2.34. The Morgan fingerprint density at radius 3 is 2.57 bits per heavy atom. The third-order valence-electron chi connectivity index (χ3n) is 5.84. The zero-order valence-corrected chi connectivity index (χ0v) is 21.8. The zero-order valence-electron chi connectivity index (χ0n) is 21.0. The van der Waals surface area contributed by atoms with Crippen molar-refractivity contribution in [3.8, 4) is 17.0 Å². The summed E-state index contributed by atoms with van der Waals surface area (Å²) in [7, 11) is 3.25. The Balaban J connectivity index is 1.70. The first-order chi connectivity index (χ1) is 17.0. The van der Waals surface area contributed by atoms with E-state index in [1.165, 1.54) is 0 Å². The monoisotopic (exact) mass is 494 g/mol. The number of ether oxygens (including phenoxy) is 1. The maximum absolute atomic E-state index is 12.0. The fraction of sp³-hybridized carbons (Fsp3) is 0.385. The normalized spacial score (nSPS) is 12.5. The van der Waals surface area contributed by atoms with Crippen LogP contribution in [0.1, 0.15) is 42.1 Å². The number of carbonyl (C=O) groups is 1. The standard InChI is InChI=1S/C26H34N6O2S/c1-6-11-28-24-10-8-19(14-29-24)21-13-25(32-16-31-21)30-15-23(35-5)17(2)20-9-7-18(26(33)27-3)12-22(20)34-4/h7-10,12-14,16-17,23H,6,11,15H2,1-5H3,(H,27,33)(H,28,29)(H,30,31,32)/t17-,23?/m0/s1. The second kappa shape index (κ2) is 12.9. The maximum atomic E-state index is 12.0. The maximum Gasteiger partial charge on any atom is 0.251 e. The van der Waals surface area contributed by atoms with Gasteiger partial charge in [0.1, 0.15) is 23.7 Å². The number of nitrogens with zero attached hydrogens (tertiary/aromatic N) is 3. The Hall–Kier alpha value is -3.33. The highest BCUT2D eigenvalue weighted by atomic mass is 32.2. The van der Waals surface area contributed by atoms with E-state index >= 15 is 0 Å². The molecule has 3 aromatic rings. The molecule has 2 aromatic heterocycles. The summed E-state index contributed by atoms with van der Waals surface area (Å²) >= 11 is 1.78. The molecule has 0 spiro atoms. The molecule has 1 amide bonds. The number of thioether (sulfide) groups is 1. The van der Waals surface area contributed by atoms with Gasteiger partial charge in [-0.15, -0.1) is 0 Å². The van der Waals surface area contributed by atoms with Crippen LogP contribution in [0.2, 0.25) is 0 Å². The number of aromatic nitrogens is 3. The lowest BCUT2D eigenvalue weighted by Gasteiger charge is -2.25. The molecule has 2 atom stereocenters. The quantitative estimate of drug-likeness (QED) is 0.334. The Labute approximate surface area is 211 Å². The number of amides is 1. The van der Waals surface area contributed by atoms with Crippen LogP contribution in [-0.4, -0.2) is 59.6 Å². The Morgan fingerprint density at radius 2 is 1.91 bits per heavy atom. The molecule has 0 radical (unpaired) electrons. The van der Waals surface area contributed by atoms with E-state index in [-0.39, 0.29) is 17.1 Å². The highest BCUT2D eigenvalue weighted by molar-refractivity contribution is 7.99. The molecule has 3 N–H and O–H groups in total. The van der Waals surface area contributed by atoms with E-state index < -0.39 is 0 Å². The summed E-state index contributed by atoms with van der Waals surface area (Å²) in [5.41, 5.74) is 3.40. The SMILES string of the molecule is CCCNc1ccc(-c2cc(NCC(SC)[C@@H](C)c3ccc(C(=O)NC)cc3OC)ncn2)cn1. The average Bonchev–Trinajstić information content (AvgIpc) is 2.91. The Morgan fingerprint density at radius 1 is 1.09 bits per heavy atom. The first-order valence-electron chi connectivity index (χ1n) is 11.7. The molecule has 9 heteroatoms. The topological polar surface area (TPSA) is 101 Å². The predicted molar refractivity (Wildman–Crippen MR) is 145 cm³/mol. The highest BCUT2D eigenvalue weighted by Gasteiger charge is 2.22. The molecule has 35 heavy (non-hydrogen) atoms. The summed E-state index contributed by atoms with van der Waals surface area (Å²) in [6.45, 7) is 5.90. The number of anilines is 2. The molecule has 8 nitrogen and oxygen atoms in total. The molecule has 1 aromatic carbocycles. The van der Waals surface area contributed by atoms with Gasteiger partial charge in [0.25, 0.3) is 5.91 Å². The van der Waals surface area contributed by atoms with Crippen molar-refractivity contribution in [3.63, 3.8) is 0 Å². The summed E-state index contributed by atoms with van der Waals surface area (Å²) in [4.78, 5) is 25.3. The minimum atomic E-state index is -0.132. The minimum Gasteiger partial charge on any atom is -0.496 e. The van der Waals surface area contributed by atoms with E-state index in [1.807, 2.05) is 36.5 Å². The van der Waals surface area contributed by atoms with Gasteiger partial charge in [-0.3, -0.25) is 4.79 Å². The van der Waals surface area contributed by atoms with Crippen LogP contribution < -0.4 is 20.7 Å². The molecule has 0 fully saturated rings. The molecule has 186 valence electrons. The van der Waals surface area contributed by atoms with Crippen LogP contribution in [0.15, 0.2) is 48.9 Å². The van der Waals surface area contributed by atoms with E-state index in [4.69, 9.17) is 4.74 Å². The third-order valence-corrected chi connectivity index (χ3v) is 7.02. The van der Waals surface area contributed by atoms with Crippen molar-refractivity contribution in [2.75, 3.05) is 44.1 Å². The lowest BCUT2D eigenvalue weighted by molar-refractivity contribution is 0.0962. The van der Waals surface area contributed by atoms with E-state index in [9.17, 15) is 4.79 Å². The average molecular weight is 495 g/mol. The van der Waals surface area contributed by atoms with Crippen molar-refractivity contribution in [1.82, 2.24) is 20.3 Å². The first-order valence-corrected chi connectivity index (χ1v) is 13.0. The Bertz CT molecular complexity index is 1110. The van der Waals surface area contributed by atoms with Crippen LogP contribution in [0.5, 0.6) is 5.75 Å². The molecule has 1 unspecified atom stereocenters. The molecule has 2 heterocycles. The fourth-order valence-electron chi connectivity index (χ4n) is 3.76. The second-order valence-electron chi connectivity index (χ2n) is 8.13. The number of methoxy groups -OCH3 is 1. The van der Waals surface area contributed by atoms with Gasteiger partial charge in [-0.2, -0.15) is 11.8 Å². The lowest BCUT2D eigenvalue weighted by atomic mass is 9.95. The van der Waals surface area contributed by atoms with Gasteiger partial charge < -0.3 is 20.7 Å². The van der Waals surface area contributed by atoms with Crippen molar-refractivity contribution < 1.29 is 9.53 Å².